The minimum atomic E-state index is -1.45. The molecule has 4 saturated heterocycles. The number of aliphatic hydroxyl groups is 6. The van der Waals surface area contributed by atoms with Crippen molar-refractivity contribution in [1.29, 1.82) is 0 Å². The number of ether oxygens (including phenoxy) is 6. The molecular formula is C39H62O12. The van der Waals surface area contributed by atoms with Gasteiger partial charge in [0.2, 0.25) is 0 Å². The molecule has 0 aromatic rings. The molecule has 4 aliphatic heterocycles. The van der Waals surface area contributed by atoms with E-state index in [1.165, 1.54) is 5.57 Å². The van der Waals surface area contributed by atoms with E-state index in [9.17, 15) is 30.6 Å². The summed E-state index contributed by atoms with van der Waals surface area (Å²) in [5, 5.41) is 63.8. The second kappa shape index (κ2) is 13.2. The van der Waals surface area contributed by atoms with Gasteiger partial charge in [-0.25, -0.2) is 0 Å². The molecule has 1 spiro atoms. The number of hydrogen-bond donors (Lipinski definition) is 6. The molecule has 0 bridgehead atoms. The second-order valence-electron chi connectivity index (χ2n) is 18.3. The Balaban J connectivity index is 1.08. The van der Waals surface area contributed by atoms with Crippen molar-refractivity contribution in [3.63, 3.8) is 0 Å². The van der Waals surface area contributed by atoms with Crippen molar-refractivity contribution in [2.24, 2.45) is 46.3 Å². The first-order chi connectivity index (χ1) is 24.1. The van der Waals surface area contributed by atoms with Gasteiger partial charge in [0.25, 0.3) is 0 Å². The Kier molecular flexibility index (Phi) is 9.62. The number of allylic oxidation sites excluding steroid dienone is 1. The third-order valence-electron chi connectivity index (χ3n) is 15.6. The van der Waals surface area contributed by atoms with E-state index in [0.717, 1.165) is 45.1 Å². The summed E-state index contributed by atoms with van der Waals surface area (Å²) >= 11 is 0. The smallest absolute Gasteiger partial charge is 0.186 e. The lowest BCUT2D eigenvalue weighted by Crippen LogP contribution is -2.62. The van der Waals surface area contributed by atoms with Gasteiger partial charge in [-0.1, -0.05) is 39.3 Å². The highest BCUT2D eigenvalue weighted by Gasteiger charge is 2.69. The van der Waals surface area contributed by atoms with E-state index in [0.29, 0.717) is 42.4 Å². The highest BCUT2D eigenvalue weighted by molar-refractivity contribution is 5.29. The van der Waals surface area contributed by atoms with Crippen LogP contribution in [0.2, 0.25) is 0 Å². The van der Waals surface area contributed by atoms with Gasteiger partial charge in [-0.2, -0.15) is 0 Å². The third kappa shape index (κ3) is 5.67. The molecule has 0 unspecified atom stereocenters. The largest absolute Gasteiger partial charge is 0.388 e. The highest BCUT2D eigenvalue weighted by Crippen LogP contribution is 2.71. The maximum atomic E-state index is 11.1. The Morgan fingerprint density at radius 2 is 1.39 bits per heavy atom. The van der Waals surface area contributed by atoms with E-state index < -0.39 is 84.8 Å². The van der Waals surface area contributed by atoms with Crippen molar-refractivity contribution in [3.05, 3.63) is 11.6 Å². The molecule has 4 aliphatic carbocycles. The molecule has 4 heterocycles. The van der Waals surface area contributed by atoms with Crippen LogP contribution in [0.4, 0.5) is 0 Å². The van der Waals surface area contributed by atoms with Crippen LogP contribution in [0.5, 0.6) is 0 Å². The quantitative estimate of drug-likeness (QED) is 0.234. The lowest BCUT2D eigenvalue weighted by Gasteiger charge is -2.61. The van der Waals surface area contributed by atoms with Gasteiger partial charge in [0.1, 0.15) is 36.6 Å². The van der Waals surface area contributed by atoms with Gasteiger partial charge in [-0.3, -0.25) is 0 Å². The second-order valence-corrected chi connectivity index (χ2v) is 18.3. The van der Waals surface area contributed by atoms with Crippen molar-refractivity contribution in [2.75, 3.05) is 6.61 Å². The first kappa shape index (κ1) is 37.2. The summed E-state index contributed by atoms with van der Waals surface area (Å²) in [6, 6.07) is 0. The molecule has 51 heavy (non-hydrogen) atoms. The van der Waals surface area contributed by atoms with E-state index in [4.69, 9.17) is 28.4 Å². The fourth-order valence-electron chi connectivity index (χ4n) is 12.6. The van der Waals surface area contributed by atoms with Crippen molar-refractivity contribution < 1.29 is 59.1 Å². The van der Waals surface area contributed by atoms with Crippen molar-refractivity contribution >= 4 is 0 Å². The van der Waals surface area contributed by atoms with Crippen LogP contribution in [0.15, 0.2) is 11.6 Å². The molecule has 290 valence electrons. The maximum Gasteiger partial charge on any atom is 0.186 e. The minimum absolute atomic E-state index is 0.119. The predicted molar refractivity (Wildman–Crippen MR) is 182 cm³/mol. The zero-order valence-corrected chi connectivity index (χ0v) is 31.0. The lowest BCUT2D eigenvalue weighted by molar-refractivity contribution is -0.329. The number of fused-ring (bicyclic) bond motifs is 7. The zero-order valence-electron chi connectivity index (χ0n) is 31.0. The fraction of sp³-hybridized carbons (Fsp3) is 0.949. The third-order valence-corrected chi connectivity index (χ3v) is 15.6. The Morgan fingerprint density at radius 3 is 2.02 bits per heavy atom. The Hall–Kier alpha value is -0.740. The molecule has 0 radical (unpaired) electrons. The predicted octanol–water partition coefficient (Wildman–Crippen LogP) is 2.39. The number of hydrogen-bond acceptors (Lipinski definition) is 12. The molecule has 12 heteroatoms. The van der Waals surface area contributed by atoms with Crippen LogP contribution in [0.1, 0.15) is 92.9 Å². The van der Waals surface area contributed by atoms with Crippen molar-refractivity contribution in [3.8, 4) is 0 Å². The van der Waals surface area contributed by atoms with E-state index >= 15 is 0 Å². The topological polar surface area (TPSA) is 177 Å². The van der Waals surface area contributed by atoms with Gasteiger partial charge >= 0.3 is 0 Å². The lowest BCUT2D eigenvalue weighted by atomic mass is 9.46. The van der Waals surface area contributed by atoms with Gasteiger partial charge in [0, 0.05) is 24.2 Å². The van der Waals surface area contributed by atoms with Crippen LogP contribution in [-0.2, 0) is 28.4 Å². The van der Waals surface area contributed by atoms with E-state index in [1.807, 2.05) is 0 Å². The first-order valence-corrected chi connectivity index (χ1v) is 19.8. The molecule has 8 aliphatic rings. The van der Waals surface area contributed by atoms with Crippen molar-refractivity contribution in [2.45, 2.75) is 178 Å². The molecule has 3 saturated carbocycles. The Bertz CT molecular complexity index is 1320. The SMILES string of the molecule is C[C@H]1CC[C@@]2(OC1)O[C@H]1C[C@H]3[C@@H]4CC=C5C[C@@H](O[C@@H]6O[C@@H](C)[C@H](O)[C@@H](O)[C@@H]6O)C[C@@H](O[C@@H]6O[C@H](C)[C@H](O)[C@@H](O)[C@@H]6O)[C@]5(C)[C@H]4CC[C@]3(C)[C@H]1[C@@H]2C. The number of rotatable bonds is 4. The van der Waals surface area contributed by atoms with E-state index in [-0.39, 0.29) is 17.4 Å². The average molecular weight is 723 g/mol. The summed E-state index contributed by atoms with van der Waals surface area (Å²) in [5.41, 5.74) is 0.868. The molecule has 6 N–H and O–H groups in total. The Labute approximate surface area is 301 Å². The van der Waals surface area contributed by atoms with Crippen LogP contribution >= 0.6 is 0 Å². The van der Waals surface area contributed by atoms with Gasteiger partial charge < -0.3 is 59.1 Å². The van der Waals surface area contributed by atoms with Gasteiger partial charge in [0.05, 0.1) is 37.1 Å². The summed E-state index contributed by atoms with van der Waals surface area (Å²) < 4.78 is 38.5. The van der Waals surface area contributed by atoms with Gasteiger partial charge in [0.15, 0.2) is 18.4 Å². The fourth-order valence-corrected chi connectivity index (χ4v) is 12.6. The first-order valence-electron chi connectivity index (χ1n) is 19.8. The molecule has 0 amide bonds. The molecule has 12 nitrogen and oxygen atoms in total. The summed E-state index contributed by atoms with van der Waals surface area (Å²) in [6.45, 7) is 13.4. The molecule has 0 aromatic heterocycles. The zero-order chi connectivity index (χ0) is 36.4. The molecule has 7 fully saturated rings. The average Bonchev–Trinajstić information content (AvgIpc) is 3.55. The van der Waals surface area contributed by atoms with Crippen molar-refractivity contribution in [1.82, 2.24) is 0 Å². The molecular weight excluding hydrogens is 660 g/mol. The monoisotopic (exact) mass is 722 g/mol. The standard InChI is InChI=1S/C39H62O12/c1-17-9-12-39(46-16-17)18(2)28-26(51-39)15-25-23-8-7-21-13-22(49-35-33(44)31(42)29(40)19(3)47-35)14-27(38(21,6)24(23)10-11-37(25,28)5)50-36-34(45)32(43)30(41)20(4)48-36/h7,17-20,22-36,40-45H,8-16H2,1-6H3/t17-,18-,19-,20+,22+,23+,24-,25-,26-,27+,28-,29-,30-,31+,32+,33-,34-,35-,36-,37-,38-,39+/m0/s1. The van der Waals surface area contributed by atoms with Crippen LogP contribution in [0.3, 0.4) is 0 Å². The van der Waals surface area contributed by atoms with Crippen LogP contribution < -0.4 is 0 Å². The molecule has 0 aromatic carbocycles. The summed E-state index contributed by atoms with van der Waals surface area (Å²) in [6.07, 6.45) is -3.33. The summed E-state index contributed by atoms with van der Waals surface area (Å²) in [4.78, 5) is 0. The maximum absolute atomic E-state index is 11.1. The highest BCUT2D eigenvalue weighted by atomic mass is 16.7. The van der Waals surface area contributed by atoms with E-state index in [1.54, 1.807) is 13.8 Å². The van der Waals surface area contributed by atoms with Crippen LogP contribution in [0.25, 0.3) is 0 Å². The molecule has 8 rings (SSSR count). The van der Waals surface area contributed by atoms with Crippen LogP contribution in [-0.4, -0.2) is 123 Å². The van der Waals surface area contributed by atoms with Gasteiger partial charge in [-0.05, 0) is 87.4 Å². The minimum Gasteiger partial charge on any atom is -0.388 e. The van der Waals surface area contributed by atoms with E-state index in [2.05, 4.69) is 33.8 Å². The molecule has 22 atom stereocenters. The van der Waals surface area contributed by atoms with Gasteiger partial charge in [-0.15, -0.1) is 0 Å². The summed E-state index contributed by atoms with van der Waals surface area (Å²) in [5.74, 6) is 1.99. The number of aliphatic hydroxyl groups excluding tert-OH is 6. The van der Waals surface area contributed by atoms with Crippen LogP contribution in [0, 0.1) is 46.3 Å². The summed E-state index contributed by atoms with van der Waals surface area (Å²) in [7, 11) is 0. The normalized spacial score (nSPS) is 59.8. The Morgan fingerprint density at radius 1 is 0.745 bits per heavy atom.